The Balaban J connectivity index is 1.96. The number of methoxy groups -OCH3 is 2. The van der Waals surface area contributed by atoms with Gasteiger partial charge < -0.3 is 19.3 Å². The summed E-state index contributed by atoms with van der Waals surface area (Å²) in [6, 6.07) is 5.43. The molecule has 1 aliphatic rings. The smallest absolute Gasteiger partial charge is 0.125 e. The van der Waals surface area contributed by atoms with Gasteiger partial charge >= 0.3 is 0 Å². The second-order valence-electron chi connectivity index (χ2n) is 5.57. The number of aliphatic hydroxyl groups excluding tert-OH is 1. The summed E-state index contributed by atoms with van der Waals surface area (Å²) in [6.07, 6.45) is 6.83. The van der Waals surface area contributed by atoms with Crippen LogP contribution < -0.4 is 9.47 Å². The van der Waals surface area contributed by atoms with Gasteiger partial charge in [-0.2, -0.15) is 0 Å². The third-order valence-corrected chi connectivity index (χ3v) is 4.09. The number of aliphatic hydroxyl groups is 1. The van der Waals surface area contributed by atoms with Gasteiger partial charge in [-0.05, 0) is 31.0 Å². The fourth-order valence-electron chi connectivity index (χ4n) is 2.83. The zero-order valence-electron chi connectivity index (χ0n) is 13.0. The predicted molar refractivity (Wildman–Crippen MR) is 81.9 cm³/mol. The van der Waals surface area contributed by atoms with Crippen molar-refractivity contribution in [2.75, 3.05) is 20.8 Å². The molecular formula is C17H26O4. The number of benzene rings is 1. The van der Waals surface area contributed by atoms with Crippen molar-refractivity contribution in [2.24, 2.45) is 0 Å². The van der Waals surface area contributed by atoms with Gasteiger partial charge in [-0.25, -0.2) is 0 Å². The van der Waals surface area contributed by atoms with Gasteiger partial charge in [-0.3, -0.25) is 0 Å². The lowest BCUT2D eigenvalue weighted by Gasteiger charge is -2.20. The zero-order chi connectivity index (χ0) is 15.1. The molecule has 0 spiro atoms. The third-order valence-electron chi connectivity index (χ3n) is 4.09. The first-order chi connectivity index (χ1) is 10.2. The molecule has 2 rings (SSSR count). The number of hydrogen-bond donors (Lipinski definition) is 1. The van der Waals surface area contributed by atoms with Crippen molar-refractivity contribution >= 4 is 0 Å². The Kier molecular flexibility index (Phi) is 6.33. The SMILES string of the molecule is COc1ccc(OC)c(C(O)COC2CCCCCC2)c1. The first-order valence-electron chi connectivity index (χ1n) is 7.76. The zero-order valence-corrected chi connectivity index (χ0v) is 13.0. The summed E-state index contributed by atoms with van der Waals surface area (Å²) in [5.41, 5.74) is 0.713. The van der Waals surface area contributed by atoms with Gasteiger partial charge in [0.1, 0.15) is 17.6 Å². The molecule has 0 bridgehead atoms. The molecule has 0 amide bonds. The minimum Gasteiger partial charge on any atom is -0.497 e. The van der Waals surface area contributed by atoms with Gasteiger partial charge in [0.2, 0.25) is 0 Å². The van der Waals surface area contributed by atoms with Crippen LogP contribution in [0.5, 0.6) is 11.5 Å². The Labute approximate surface area is 127 Å². The molecule has 1 fully saturated rings. The highest BCUT2D eigenvalue weighted by molar-refractivity contribution is 5.41. The minimum absolute atomic E-state index is 0.277. The lowest BCUT2D eigenvalue weighted by molar-refractivity contribution is -0.0166. The summed E-state index contributed by atoms with van der Waals surface area (Å²) in [6.45, 7) is 0.300. The summed E-state index contributed by atoms with van der Waals surface area (Å²) in [5, 5.41) is 10.4. The van der Waals surface area contributed by atoms with E-state index in [1.54, 1.807) is 20.3 Å². The Morgan fingerprint density at radius 1 is 1.10 bits per heavy atom. The standard InChI is InChI=1S/C17H26O4/c1-19-14-9-10-17(20-2)15(11-14)16(18)12-21-13-7-5-3-4-6-8-13/h9-11,13,16,18H,3-8,12H2,1-2H3. The summed E-state index contributed by atoms with van der Waals surface area (Å²) >= 11 is 0. The topological polar surface area (TPSA) is 47.9 Å². The summed E-state index contributed by atoms with van der Waals surface area (Å²) < 4.78 is 16.4. The average Bonchev–Trinajstić information content (AvgIpc) is 2.80. The van der Waals surface area contributed by atoms with Gasteiger partial charge in [0.15, 0.2) is 0 Å². The van der Waals surface area contributed by atoms with E-state index in [0.717, 1.165) is 12.8 Å². The highest BCUT2D eigenvalue weighted by atomic mass is 16.5. The third kappa shape index (κ3) is 4.61. The fraction of sp³-hybridized carbons (Fsp3) is 0.647. The van der Waals surface area contributed by atoms with E-state index < -0.39 is 6.10 Å². The molecule has 4 nitrogen and oxygen atoms in total. The van der Waals surface area contributed by atoms with Crippen LogP contribution in [0.2, 0.25) is 0 Å². The molecule has 1 aromatic carbocycles. The lowest BCUT2D eigenvalue weighted by Crippen LogP contribution is -2.17. The van der Waals surface area contributed by atoms with Crippen LogP contribution in [-0.2, 0) is 4.74 Å². The molecular weight excluding hydrogens is 268 g/mol. The Bertz CT molecular complexity index is 425. The van der Waals surface area contributed by atoms with Gasteiger partial charge in [-0.15, -0.1) is 0 Å². The Morgan fingerprint density at radius 3 is 2.43 bits per heavy atom. The normalized spacial score (nSPS) is 18.0. The van der Waals surface area contributed by atoms with E-state index in [1.165, 1.54) is 25.7 Å². The number of rotatable bonds is 6. The maximum atomic E-state index is 10.4. The van der Waals surface area contributed by atoms with Crippen LogP contribution >= 0.6 is 0 Å². The minimum atomic E-state index is -0.696. The molecule has 1 aliphatic carbocycles. The molecule has 0 aliphatic heterocycles. The quantitative estimate of drug-likeness (QED) is 0.816. The van der Waals surface area contributed by atoms with Crippen molar-refractivity contribution in [3.63, 3.8) is 0 Å². The summed E-state index contributed by atoms with van der Waals surface area (Å²) in [4.78, 5) is 0. The van der Waals surface area contributed by atoms with Crippen molar-refractivity contribution < 1.29 is 19.3 Å². The first kappa shape index (κ1) is 16.1. The molecule has 0 aromatic heterocycles. The average molecular weight is 294 g/mol. The van der Waals surface area contributed by atoms with Crippen LogP contribution in [0.25, 0.3) is 0 Å². The largest absolute Gasteiger partial charge is 0.497 e. The highest BCUT2D eigenvalue weighted by Crippen LogP contribution is 2.30. The molecule has 0 heterocycles. The molecule has 118 valence electrons. The van der Waals surface area contributed by atoms with Crippen molar-refractivity contribution in [3.05, 3.63) is 23.8 Å². The summed E-state index contributed by atoms with van der Waals surface area (Å²) in [7, 11) is 3.21. The van der Waals surface area contributed by atoms with Gasteiger partial charge in [0, 0.05) is 5.56 Å². The molecule has 1 atom stereocenters. The van der Waals surface area contributed by atoms with Crippen LogP contribution in [0.15, 0.2) is 18.2 Å². The van der Waals surface area contributed by atoms with Crippen LogP contribution in [0.4, 0.5) is 0 Å². The first-order valence-corrected chi connectivity index (χ1v) is 7.76. The van der Waals surface area contributed by atoms with Crippen LogP contribution in [0.3, 0.4) is 0 Å². The maximum absolute atomic E-state index is 10.4. The Hall–Kier alpha value is -1.26. The molecule has 1 saturated carbocycles. The molecule has 0 saturated heterocycles. The number of hydrogen-bond acceptors (Lipinski definition) is 4. The van der Waals surface area contributed by atoms with E-state index in [1.807, 2.05) is 12.1 Å². The fourth-order valence-corrected chi connectivity index (χ4v) is 2.83. The molecule has 21 heavy (non-hydrogen) atoms. The van der Waals surface area contributed by atoms with E-state index in [0.29, 0.717) is 23.7 Å². The molecule has 0 radical (unpaired) electrons. The Morgan fingerprint density at radius 2 is 1.81 bits per heavy atom. The molecule has 1 unspecified atom stereocenters. The van der Waals surface area contributed by atoms with E-state index >= 15 is 0 Å². The maximum Gasteiger partial charge on any atom is 0.125 e. The van der Waals surface area contributed by atoms with E-state index in [9.17, 15) is 5.11 Å². The van der Waals surface area contributed by atoms with Crippen molar-refractivity contribution in [3.8, 4) is 11.5 Å². The van der Waals surface area contributed by atoms with Crippen LogP contribution in [0.1, 0.15) is 50.2 Å². The van der Waals surface area contributed by atoms with Gasteiger partial charge in [0.05, 0.1) is 26.9 Å². The van der Waals surface area contributed by atoms with Crippen LogP contribution in [0, 0.1) is 0 Å². The second kappa shape index (κ2) is 8.25. The van der Waals surface area contributed by atoms with Gasteiger partial charge in [-0.1, -0.05) is 25.7 Å². The molecule has 1 aromatic rings. The van der Waals surface area contributed by atoms with E-state index in [2.05, 4.69) is 0 Å². The predicted octanol–water partition coefficient (Wildman–Crippen LogP) is 3.48. The second-order valence-corrected chi connectivity index (χ2v) is 5.57. The highest BCUT2D eigenvalue weighted by Gasteiger charge is 2.18. The van der Waals surface area contributed by atoms with Gasteiger partial charge in [0.25, 0.3) is 0 Å². The monoisotopic (exact) mass is 294 g/mol. The molecule has 4 heteroatoms. The summed E-state index contributed by atoms with van der Waals surface area (Å²) in [5.74, 6) is 1.37. The van der Waals surface area contributed by atoms with E-state index in [4.69, 9.17) is 14.2 Å². The molecule has 1 N–H and O–H groups in total. The van der Waals surface area contributed by atoms with Crippen molar-refractivity contribution in [2.45, 2.75) is 50.7 Å². The number of ether oxygens (including phenoxy) is 3. The van der Waals surface area contributed by atoms with E-state index in [-0.39, 0.29) is 6.10 Å². The lowest BCUT2D eigenvalue weighted by atomic mass is 10.1. The van der Waals surface area contributed by atoms with Crippen molar-refractivity contribution in [1.29, 1.82) is 0 Å². The van der Waals surface area contributed by atoms with Crippen molar-refractivity contribution in [1.82, 2.24) is 0 Å². The van der Waals surface area contributed by atoms with Crippen LogP contribution in [-0.4, -0.2) is 32.0 Å².